The SMILES string of the molecule is NC(CO)CC1(c2ccccc2)CC1. The van der Waals surface area contributed by atoms with Crippen molar-refractivity contribution >= 4 is 0 Å². The van der Waals surface area contributed by atoms with Crippen LogP contribution in [0.3, 0.4) is 0 Å². The Hall–Kier alpha value is -0.860. The molecular formula is C12H17NO. The second kappa shape index (κ2) is 3.71. The molecule has 0 amide bonds. The van der Waals surface area contributed by atoms with Gasteiger partial charge < -0.3 is 10.8 Å². The monoisotopic (exact) mass is 191 g/mol. The Morgan fingerprint density at radius 3 is 2.43 bits per heavy atom. The number of benzene rings is 1. The maximum atomic E-state index is 8.95. The molecule has 0 heterocycles. The summed E-state index contributed by atoms with van der Waals surface area (Å²) in [5.41, 5.74) is 7.45. The minimum atomic E-state index is -0.0716. The third kappa shape index (κ3) is 1.81. The number of aliphatic hydroxyl groups is 1. The molecule has 0 aromatic heterocycles. The largest absolute Gasteiger partial charge is 0.395 e. The minimum Gasteiger partial charge on any atom is -0.395 e. The molecule has 0 bridgehead atoms. The van der Waals surface area contributed by atoms with Crippen molar-refractivity contribution in [1.29, 1.82) is 0 Å². The molecule has 2 heteroatoms. The minimum absolute atomic E-state index is 0.0716. The van der Waals surface area contributed by atoms with Crippen molar-refractivity contribution in [3.8, 4) is 0 Å². The van der Waals surface area contributed by atoms with E-state index < -0.39 is 0 Å². The number of nitrogens with two attached hydrogens (primary N) is 1. The standard InChI is InChI=1S/C12H17NO/c13-11(9-14)8-12(6-7-12)10-4-2-1-3-5-10/h1-5,11,14H,6-9,13H2. The Labute approximate surface area is 84.7 Å². The van der Waals surface area contributed by atoms with E-state index in [1.807, 2.05) is 6.07 Å². The predicted molar refractivity (Wildman–Crippen MR) is 57.0 cm³/mol. The Morgan fingerprint density at radius 1 is 1.29 bits per heavy atom. The third-order valence-electron chi connectivity index (χ3n) is 3.13. The topological polar surface area (TPSA) is 46.2 Å². The molecule has 0 radical (unpaired) electrons. The molecule has 1 aliphatic carbocycles. The van der Waals surface area contributed by atoms with Gasteiger partial charge in [0.1, 0.15) is 0 Å². The van der Waals surface area contributed by atoms with Gasteiger partial charge in [0.15, 0.2) is 0 Å². The number of hydrogen-bond donors (Lipinski definition) is 2. The molecule has 1 aromatic rings. The Morgan fingerprint density at radius 2 is 1.93 bits per heavy atom. The molecule has 1 aromatic carbocycles. The van der Waals surface area contributed by atoms with Crippen LogP contribution in [0.5, 0.6) is 0 Å². The summed E-state index contributed by atoms with van der Waals surface area (Å²) in [6, 6.07) is 10.4. The van der Waals surface area contributed by atoms with Crippen molar-refractivity contribution < 1.29 is 5.11 Å². The van der Waals surface area contributed by atoms with Gasteiger partial charge in [-0.1, -0.05) is 30.3 Å². The summed E-state index contributed by atoms with van der Waals surface area (Å²) in [6.07, 6.45) is 3.34. The van der Waals surface area contributed by atoms with E-state index in [4.69, 9.17) is 10.8 Å². The van der Waals surface area contributed by atoms with Crippen LogP contribution in [0.25, 0.3) is 0 Å². The predicted octanol–water partition coefficient (Wildman–Crippen LogP) is 1.43. The van der Waals surface area contributed by atoms with Crippen molar-refractivity contribution in [3.63, 3.8) is 0 Å². The van der Waals surface area contributed by atoms with Crippen LogP contribution in [0.4, 0.5) is 0 Å². The summed E-state index contributed by atoms with van der Waals surface area (Å²) < 4.78 is 0. The van der Waals surface area contributed by atoms with Crippen LogP contribution in [0.2, 0.25) is 0 Å². The van der Waals surface area contributed by atoms with Crippen LogP contribution in [-0.2, 0) is 5.41 Å². The second-order valence-electron chi connectivity index (χ2n) is 4.29. The highest BCUT2D eigenvalue weighted by Gasteiger charge is 2.44. The zero-order valence-corrected chi connectivity index (χ0v) is 8.32. The van der Waals surface area contributed by atoms with E-state index >= 15 is 0 Å². The maximum Gasteiger partial charge on any atom is 0.0582 e. The highest BCUT2D eigenvalue weighted by atomic mass is 16.3. The molecule has 1 aliphatic rings. The normalized spacial score (nSPS) is 20.4. The summed E-state index contributed by atoms with van der Waals surface area (Å²) in [5.74, 6) is 0. The lowest BCUT2D eigenvalue weighted by atomic mass is 9.89. The van der Waals surface area contributed by atoms with Gasteiger partial charge in [0.05, 0.1) is 6.61 Å². The van der Waals surface area contributed by atoms with Gasteiger partial charge in [-0.25, -0.2) is 0 Å². The Balaban J connectivity index is 2.10. The third-order valence-corrected chi connectivity index (χ3v) is 3.13. The van der Waals surface area contributed by atoms with Gasteiger partial charge >= 0.3 is 0 Å². The van der Waals surface area contributed by atoms with Gasteiger partial charge in [-0.15, -0.1) is 0 Å². The van der Waals surface area contributed by atoms with Crippen LogP contribution in [0, 0.1) is 0 Å². The van der Waals surface area contributed by atoms with Crippen molar-refractivity contribution in [2.24, 2.45) is 5.73 Å². The van der Waals surface area contributed by atoms with Crippen molar-refractivity contribution in [2.45, 2.75) is 30.7 Å². The van der Waals surface area contributed by atoms with Crippen molar-refractivity contribution in [2.75, 3.05) is 6.61 Å². The summed E-state index contributed by atoms with van der Waals surface area (Å²) in [7, 11) is 0. The van der Waals surface area contributed by atoms with Gasteiger partial charge in [0.2, 0.25) is 0 Å². The summed E-state index contributed by atoms with van der Waals surface area (Å²) >= 11 is 0. The van der Waals surface area contributed by atoms with Crippen molar-refractivity contribution in [1.82, 2.24) is 0 Å². The quantitative estimate of drug-likeness (QED) is 0.756. The number of aliphatic hydroxyl groups excluding tert-OH is 1. The Kier molecular flexibility index (Phi) is 2.57. The van der Waals surface area contributed by atoms with E-state index in [9.17, 15) is 0 Å². The second-order valence-corrected chi connectivity index (χ2v) is 4.29. The van der Waals surface area contributed by atoms with Crippen LogP contribution in [-0.4, -0.2) is 17.8 Å². The maximum absolute atomic E-state index is 8.95. The van der Waals surface area contributed by atoms with Crippen LogP contribution < -0.4 is 5.73 Å². The lowest BCUT2D eigenvalue weighted by Crippen LogP contribution is -2.29. The lowest BCUT2D eigenvalue weighted by Gasteiger charge is -2.19. The first-order valence-electron chi connectivity index (χ1n) is 5.19. The molecular weight excluding hydrogens is 174 g/mol. The van der Waals surface area contributed by atoms with E-state index in [1.165, 1.54) is 18.4 Å². The van der Waals surface area contributed by atoms with E-state index in [0.29, 0.717) is 0 Å². The van der Waals surface area contributed by atoms with Crippen molar-refractivity contribution in [3.05, 3.63) is 35.9 Å². The molecule has 0 aliphatic heterocycles. The van der Waals surface area contributed by atoms with Gasteiger partial charge in [0, 0.05) is 6.04 Å². The average molecular weight is 191 g/mol. The molecule has 3 N–H and O–H groups in total. The fourth-order valence-electron chi connectivity index (χ4n) is 2.12. The molecule has 2 rings (SSSR count). The highest BCUT2D eigenvalue weighted by Crippen LogP contribution is 2.51. The molecule has 76 valence electrons. The number of hydrogen-bond acceptors (Lipinski definition) is 2. The van der Waals surface area contributed by atoms with Gasteiger partial charge in [0.25, 0.3) is 0 Å². The molecule has 1 unspecified atom stereocenters. The molecule has 0 saturated heterocycles. The van der Waals surface area contributed by atoms with Crippen LogP contribution in [0.15, 0.2) is 30.3 Å². The van der Waals surface area contributed by atoms with Crippen LogP contribution >= 0.6 is 0 Å². The Bertz CT molecular complexity index is 292. The summed E-state index contributed by atoms with van der Waals surface area (Å²) in [5, 5.41) is 8.95. The fourth-order valence-corrected chi connectivity index (χ4v) is 2.12. The number of rotatable bonds is 4. The van der Waals surface area contributed by atoms with Gasteiger partial charge in [-0.3, -0.25) is 0 Å². The summed E-state index contributed by atoms with van der Waals surface area (Å²) in [6.45, 7) is 0.0918. The van der Waals surface area contributed by atoms with E-state index in [1.54, 1.807) is 0 Å². The first kappa shape index (κ1) is 9.69. The van der Waals surface area contributed by atoms with E-state index in [-0.39, 0.29) is 18.1 Å². The molecule has 1 saturated carbocycles. The molecule has 1 fully saturated rings. The van der Waals surface area contributed by atoms with E-state index in [2.05, 4.69) is 24.3 Å². The molecule has 1 atom stereocenters. The van der Waals surface area contributed by atoms with E-state index in [0.717, 1.165) is 6.42 Å². The average Bonchev–Trinajstić information content (AvgIpc) is 3.00. The smallest absolute Gasteiger partial charge is 0.0582 e. The summed E-state index contributed by atoms with van der Waals surface area (Å²) in [4.78, 5) is 0. The van der Waals surface area contributed by atoms with Crippen LogP contribution in [0.1, 0.15) is 24.8 Å². The van der Waals surface area contributed by atoms with Gasteiger partial charge in [-0.2, -0.15) is 0 Å². The zero-order valence-electron chi connectivity index (χ0n) is 8.32. The zero-order chi connectivity index (χ0) is 10.0. The fraction of sp³-hybridized carbons (Fsp3) is 0.500. The lowest BCUT2D eigenvalue weighted by molar-refractivity contribution is 0.251. The van der Waals surface area contributed by atoms with Gasteiger partial charge in [-0.05, 0) is 30.2 Å². The molecule has 0 spiro atoms. The first-order valence-corrected chi connectivity index (χ1v) is 5.19. The first-order chi connectivity index (χ1) is 6.77. The highest BCUT2D eigenvalue weighted by molar-refractivity contribution is 5.31. The molecule has 14 heavy (non-hydrogen) atoms. The molecule has 2 nitrogen and oxygen atoms in total.